The normalized spacial score (nSPS) is 14.4. The van der Waals surface area contributed by atoms with Gasteiger partial charge in [0.15, 0.2) is 0 Å². The van der Waals surface area contributed by atoms with Gasteiger partial charge in [0, 0.05) is 0 Å². The first-order chi connectivity index (χ1) is 8.61. The lowest BCUT2D eigenvalue weighted by molar-refractivity contribution is 0.0600. The Bertz CT molecular complexity index is 506. The van der Waals surface area contributed by atoms with Crippen LogP contribution >= 0.6 is 15.9 Å². The molecule has 0 aliphatic heterocycles. The van der Waals surface area contributed by atoms with Crippen molar-refractivity contribution in [3.8, 4) is 5.75 Å². The van der Waals surface area contributed by atoms with Crippen molar-refractivity contribution in [1.29, 1.82) is 0 Å². The van der Waals surface area contributed by atoms with Crippen LogP contribution in [-0.4, -0.2) is 18.2 Å². The van der Waals surface area contributed by atoms with E-state index in [1.165, 1.54) is 19.1 Å². The topological polar surface area (TPSA) is 46.5 Å². The number of rotatable bonds is 3. The molecule has 0 heterocycles. The maximum atomic E-state index is 11.5. The van der Waals surface area contributed by atoms with E-state index in [0.717, 1.165) is 18.4 Å². The average molecular weight is 311 g/mol. The maximum absolute atomic E-state index is 11.5. The highest BCUT2D eigenvalue weighted by molar-refractivity contribution is 9.10. The minimum absolute atomic E-state index is 0.204. The molecule has 0 saturated heterocycles. The zero-order valence-corrected chi connectivity index (χ0v) is 11.8. The van der Waals surface area contributed by atoms with Crippen LogP contribution in [0.4, 0.5) is 0 Å². The Labute approximate surface area is 115 Å². The number of halogens is 1. The van der Waals surface area contributed by atoms with Crippen molar-refractivity contribution >= 4 is 21.9 Å². The van der Waals surface area contributed by atoms with Crippen molar-refractivity contribution in [3.05, 3.63) is 39.4 Å². The molecule has 0 aromatic heterocycles. The van der Waals surface area contributed by atoms with E-state index in [0.29, 0.717) is 16.5 Å². The van der Waals surface area contributed by atoms with Crippen LogP contribution in [0.5, 0.6) is 5.75 Å². The van der Waals surface area contributed by atoms with Crippen LogP contribution in [0.2, 0.25) is 0 Å². The monoisotopic (exact) mass is 310 g/mol. The molecule has 1 aromatic rings. The van der Waals surface area contributed by atoms with Gasteiger partial charge in [-0.3, -0.25) is 0 Å². The molecule has 0 unspecified atom stereocenters. The van der Waals surface area contributed by atoms with Crippen LogP contribution < -0.4 is 0 Å². The Hall–Kier alpha value is -1.29. The van der Waals surface area contributed by atoms with E-state index < -0.39 is 5.97 Å². The van der Waals surface area contributed by atoms with Gasteiger partial charge in [-0.15, -0.1) is 0 Å². The molecule has 3 nitrogen and oxygen atoms in total. The van der Waals surface area contributed by atoms with Crippen molar-refractivity contribution in [3.63, 3.8) is 0 Å². The second-order valence-electron chi connectivity index (χ2n) is 4.39. The Balaban J connectivity index is 2.32. The van der Waals surface area contributed by atoms with Gasteiger partial charge in [-0.25, -0.2) is 4.79 Å². The number of phenolic OH excluding ortho intramolecular Hbond substituents is 1. The number of allylic oxidation sites excluding steroid dienone is 2. The molecule has 0 spiro atoms. The summed E-state index contributed by atoms with van der Waals surface area (Å²) in [7, 11) is 1.35. The quantitative estimate of drug-likeness (QED) is 0.685. The molecule has 96 valence electrons. The lowest BCUT2D eigenvalue weighted by Crippen LogP contribution is -2.03. The summed E-state index contributed by atoms with van der Waals surface area (Å²) in [6, 6.07) is 3.28. The van der Waals surface area contributed by atoms with Crippen molar-refractivity contribution in [2.75, 3.05) is 7.11 Å². The molecule has 1 aliphatic carbocycles. The summed E-state index contributed by atoms with van der Waals surface area (Å²) < 4.78 is 5.23. The van der Waals surface area contributed by atoms with E-state index in [1.54, 1.807) is 12.1 Å². The molecule has 1 N–H and O–H groups in total. The maximum Gasteiger partial charge on any atom is 0.337 e. The Morgan fingerprint density at radius 1 is 1.50 bits per heavy atom. The summed E-state index contributed by atoms with van der Waals surface area (Å²) >= 11 is 3.27. The zero-order valence-electron chi connectivity index (χ0n) is 10.2. The molecule has 0 amide bonds. The molecule has 1 aromatic carbocycles. The summed E-state index contributed by atoms with van der Waals surface area (Å²) in [5, 5.41) is 10.0. The fourth-order valence-corrected chi connectivity index (χ4v) is 2.67. The van der Waals surface area contributed by atoms with Crippen molar-refractivity contribution < 1.29 is 14.6 Å². The molecular formula is C14H15BrO3. The highest BCUT2D eigenvalue weighted by Crippen LogP contribution is 2.33. The summed E-state index contributed by atoms with van der Waals surface area (Å²) in [4.78, 5) is 11.5. The second-order valence-corrected chi connectivity index (χ2v) is 5.24. The van der Waals surface area contributed by atoms with Crippen LogP contribution in [0, 0.1) is 0 Å². The molecule has 2 rings (SSSR count). The predicted molar refractivity (Wildman–Crippen MR) is 72.8 cm³/mol. The molecule has 1 aliphatic rings. The van der Waals surface area contributed by atoms with Gasteiger partial charge in [0.05, 0.1) is 17.1 Å². The van der Waals surface area contributed by atoms with Gasteiger partial charge in [0.25, 0.3) is 0 Å². The van der Waals surface area contributed by atoms with Crippen LogP contribution in [0.25, 0.3) is 0 Å². The lowest BCUT2D eigenvalue weighted by Gasteiger charge is -2.09. The zero-order chi connectivity index (χ0) is 13.1. The van der Waals surface area contributed by atoms with Crippen LogP contribution in [-0.2, 0) is 11.2 Å². The van der Waals surface area contributed by atoms with E-state index in [-0.39, 0.29) is 5.75 Å². The number of hydrogen-bond acceptors (Lipinski definition) is 3. The number of methoxy groups -OCH3 is 1. The van der Waals surface area contributed by atoms with E-state index in [4.69, 9.17) is 4.74 Å². The third-order valence-electron chi connectivity index (χ3n) is 3.12. The summed E-state index contributed by atoms with van der Waals surface area (Å²) in [6.07, 6.45) is 6.24. The molecule has 0 saturated carbocycles. The fourth-order valence-electron chi connectivity index (χ4n) is 2.17. The number of carbonyl (C=O) groups is 1. The largest absolute Gasteiger partial charge is 0.506 e. The van der Waals surface area contributed by atoms with Crippen LogP contribution in [0.3, 0.4) is 0 Å². The minimum Gasteiger partial charge on any atom is -0.506 e. The van der Waals surface area contributed by atoms with Crippen molar-refractivity contribution in [2.24, 2.45) is 0 Å². The number of phenols is 1. The van der Waals surface area contributed by atoms with E-state index in [1.807, 2.05) is 0 Å². The van der Waals surface area contributed by atoms with Gasteiger partial charge in [-0.1, -0.05) is 11.6 Å². The van der Waals surface area contributed by atoms with Gasteiger partial charge in [0.1, 0.15) is 5.75 Å². The SMILES string of the molecule is COC(=O)c1cc(Br)c(O)c(CC2=CCCC2)c1. The molecule has 18 heavy (non-hydrogen) atoms. The molecular weight excluding hydrogens is 296 g/mol. The molecule has 4 heteroatoms. The second kappa shape index (κ2) is 5.57. The van der Waals surface area contributed by atoms with Crippen molar-refractivity contribution in [1.82, 2.24) is 0 Å². The molecule has 0 fully saturated rings. The fraction of sp³-hybridized carbons (Fsp3) is 0.357. The Kier molecular flexibility index (Phi) is 4.07. The lowest BCUT2D eigenvalue weighted by atomic mass is 10.0. The first kappa shape index (κ1) is 13.1. The molecule has 0 radical (unpaired) electrons. The summed E-state index contributed by atoms with van der Waals surface area (Å²) in [5.41, 5.74) is 2.54. The Morgan fingerprint density at radius 3 is 2.89 bits per heavy atom. The van der Waals surface area contributed by atoms with E-state index in [9.17, 15) is 9.90 Å². The number of carbonyl (C=O) groups excluding carboxylic acids is 1. The third kappa shape index (κ3) is 2.75. The summed E-state index contributed by atoms with van der Waals surface area (Å²) in [5.74, 6) is -0.187. The standard InChI is InChI=1S/C14H15BrO3/c1-18-14(17)11-7-10(13(16)12(15)8-11)6-9-4-2-3-5-9/h4,7-8,16H,2-3,5-6H2,1H3. The van der Waals surface area contributed by atoms with Gasteiger partial charge in [-0.2, -0.15) is 0 Å². The van der Waals surface area contributed by atoms with Gasteiger partial charge >= 0.3 is 5.97 Å². The van der Waals surface area contributed by atoms with Crippen LogP contribution in [0.1, 0.15) is 35.2 Å². The smallest absolute Gasteiger partial charge is 0.337 e. The summed E-state index contributed by atoms with van der Waals surface area (Å²) in [6.45, 7) is 0. The van der Waals surface area contributed by atoms with E-state index in [2.05, 4.69) is 22.0 Å². The van der Waals surface area contributed by atoms with Gasteiger partial charge in [0.2, 0.25) is 0 Å². The predicted octanol–water partition coefficient (Wildman–Crippen LogP) is 3.59. The first-order valence-electron chi connectivity index (χ1n) is 5.89. The molecule has 0 bridgehead atoms. The van der Waals surface area contributed by atoms with Gasteiger partial charge < -0.3 is 9.84 Å². The Morgan fingerprint density at radius 2 is 2.28 bits per heavy atom. The minimum atomic E-state index is -0.391. The van der Waals surface area contributed by atoms with Crippen molar-refractivity contribution in [2.45, 2.75) is 25.7 Å². The number of esters is 1. The third-order valence-corrected chi connectivity index (χ3v) is 3.72. The number of ether oxygens (including phenoxy) is 1. The highest BCUT2D eigenvalue weighted by Gasteiger charge is 2.15. The van der Waals surface area contributed by atoms with Crippen LogP contribution in [0.15, 0.2) is 28.3 Å². The molecule has 0 atom stereocenters. The van der Waals surface area contributed by atoms with E-state index >= 15 is 0 Å². The highest BCUT2D eigenvalue weighted by atomic mass is 79.9. The average Bonchev–Trinajstić information content (AvgIpc) is 2.86. The van der Waals surface area contributed by atoms with Gasteiger partial charge in [-0.05, 0) is 59.3 Å². The first-order valence-corrected chi connectivity index (χ1v) is 6.68. The number of benzene rings is 1. The number of hydrogen-bond donors (Lipinski definition) is 1. The number of aromatic hydroxyl groups is 1.